The summed E-state index contributed by atoms with van der Waals surface area (Å²) in [5.41, 5.74) is 3.91. The average Bonchev–Trinajstić information content (AvgIpc) is 3.09. The maximum Gasteiger partial charge on any atom is 0.268 e. The van der Waals surface area contributed by atoms with Crippen molar-refractivity contribution in [2.45, 2.75) is 20.0 Å². The largest absolute Gasteiger partial charge is 0.308 e. The Hall–Kier alpha value is -2.83. The van der Waals surface area contributed by atoms with E-state index in [2.05, 4.69) is 33.9 Å². The molecule has 0 fully saturated rings. The molecule has 0 aliphatic carbocycles. The highest BCUT2D eigenvalue weighted by Gasteiger charge is 2.12. The van der Waals surface area contributed by atoms with Gasteiger partial charge in [-0.15, -0.1) is 11.3 Å². The Morgan fingerprint density at radius 1 is 1.11 bits per heavy atom. The van der Waals surface area contributed by atoms with E-state index in [4.69, 9.17) is 0 Å². The Morgan fingerprint density at radius 3 is 2.61 bits per heavy atom. The molecule has 6 heteroatoms. The van der Waals surface area contributed by atoms with E-state index in [1.54, 1.807) is 12.1 Å². The first-order chi connectivity index (χ1) is 13.5. The van der Waals surface area contributed by atoms with Crippen molar-refractivity contribution in [2.75, 3.05) is 7.05 Å². The highest BCUT2D eigenvalue weighted by molar-refractivity contribution is 7.22. The number of hydrogen-bond acceptors (Lipinski definition) is 4. The fourth-order valence-corrected chi connectivity index (χ4v) is 4.21. The zero-order valence-electron chi connectivity index (χ0n) is 15.7. The highest BCUT2D eigenvalue weighted by atomic mass is 32.1. The molecule has 0 aliphatic rings. The van der Waals surface area contributed by atoms with Crippen molar-refractivity contribution in [3.8, 4) is 10.4 Å². The van der Waals surface area contributed by atoms with Gasteiger partial charge in [0.1, 0.15) is 16.3 Å². The molecule has 142 valence electrons. The second-order valence-corrected chi connectivity index (χ2v) is 8.00. The van der Waals surface area contributed by atoms with E-state index < -0.39 is 0 Å². The third kappa shape index (κ3) is 3.88. The van der Waals surface area contributed by atoms with E-state index in [0.717, 1.165) is 17.0 Å². The molecule has 4 aromatic rings. The Bertz CT molecular complexity index is 1180. The molecule has 0 amide bonds. The van der Waals surface area contributed by atoms with Gasteiger partial charge in [0.25, 0.3) is 5.56 Å². The van der Waals surface area contributed by atoms with Crippen LogP contribution in [0.5, 0.6) is 0 Å². The van der Waals surface area contributed by atoms with Crippen LogP contribution in [0.25, 0.3) is 20.7 Å². The number of halogens is 1. The molecule has 0 aliphatic heterocycles. The summed E-state index contributed by atoms with van der Waals surface area (Å²) in [6, 6.07) is 16.4. The van der Waals surface area contributed by atoms with E-state index >= 15 is 0 Å². The lowest BCUT2D eigenvalue weighted by Gasteiger charge is -2.17. The number of H-pyrrole nitrogens is 1. The lowest BCUT2D eigenvalue weighted by atomic mass is 10.1. The molecule has 2 aromatic heterocycles. The maximum atomic E-state index is 13.2. The van der Waals surface area contributed by atoms with Crippen molar-refractivity contribution < 1.29 is 4.39 Å². The van der Waals surface area contributed by atoms with E-state index in [0.29, 0.717) is 22.6 Å². The van der Waals surface area contributed by atoms with Crippen LogP contribution < -0.4 is 5.56 Å². The Labute approximate surface area is 166 Å². The van der Waals surface area contributed by atoms with Gasteiger partial charge >= 0.3 is 0 Å². The molecule has 0 atom stereocenters. The molecule has 2 heterocycles. The summed E-state index contributed by atoms with van der Waals surface area (Å²) in [7, 11) is 2.01. The van der Waals surface area contributed by atoms with E-state index in [1.807, 2.05) is 25.2 Å². The lowest BCUT2D eigenvalue weighted by Crippen LogP contribution is -2.21. The van der Waals surface area contributed by atoms with Crippen molar-refractivity contribution in [1.29, 1.82) is 0 Å². The second-order valence-electron chi connectivity index (χ2n) is 6.94. The molecule has 28 heavy (non-hydrogen) atoms. The minimum Gasteiger partial charge on any atom is -0.308 e. The first-order valence-corrected chi connectivity index (χ1v) is 9.83. The van der Waals surface area contributed by atoms with Crippen molar-refractivity contribution in [2.24, 2.45) is 0 Å². The molecule has 2 aromatic carbocycles. The summed E-state index contributed by atoms with van der Waals surface area (Å²) in [5, 5.41) is 0. The van der Waals surface area contributed by atoms with Crippen molar-refractivity contribution in [1.82, 2.24) is 14.9 Å². The summed E-state index contributed by atoms with van der Waals surface area (Å²) in [6.45, 7) is 3.41. The van der Waals surface area contributed by atoms with Gasteiger partial charge in [-0.25, -0.2) is 9.37 Å². The summed E-state index contributed by atoms with van der Waals surface area (Å²) in [5.74, 6) is 0.358. The number of nitrogens with zero attached hydrogens (tertiary/aromatic N) is 2. The highest BCUT2D eigenvalue weighted by Crippen LogP contribution is 2.30. The first-order valence-electron chi connectivity index (χ1n) is 9.01. The van der Waals surface area contributed by atoms with Crippen LogP contribution in [0.15, 0.2) is 59.4 Å². The quantitative estimate of drug-likeness (QED) is 0.533. The number of benzene rings is 2. The van der Waals surface area contributed by atoms with Gasteiger partial charge < -0.3 is 4.98 Å². The monoisotopic (exact) mass is 393 g/mol. The summed E-state index contributed by atoms with van der Waals surface area (Å²) in [4.78, 5) is 23.1. The number of aromatic amines is 1. The van der Waals surface area contributed by atoms with E-state index in [9.17, 15) is 9.18 Å². The van der Waals surface area contributed by atoms with Gasteiger partial charge in [-0.1, -0.05) is 36.4 Å². The SMILES string of the molecule is Cc1ccccc1CN(C)Cc1nc2cc(-c3ccc(F)cc3)sc2c(=O)[nH]1. The Morgan fingerprint density at radius 2 is 1.86 bits per heavy atom. The second kappa shape index (κ2) is 7.66. The molecule has 0 spiro atoms. The van der Waals surface area contributed by atoms with Gasteiger partial charge in [0.2, 0.25) is 0 Å². The van der Waals surface area contributed by atoms with Crippen LogP contribution in [0.1, 0.15) is 17.0 Å². The predicted octanol–water partition coefficient (Wildman–Crippen LogP) is 4.73. The van der Waals surface area contributed by atoms with Gasteiger partial charge in [0.05, 0.1) is 12.1 Å². The number of fused-ring (bicyclic) bond motifs is 1. The number of rotatable bonds is 5. The fourth-order valence-electron chi connectivity index (χ4n) is 3.21. The molecule has 4 rings (SSSR count). The van der Waals surface area contributed by atoms with Gasteiger partial charge in [0.15, 0.2) is 0 Å². The lowest BCUT2D eigenvalue weighted by molar-refractivity contribution is 0.310. The number of nitrogens with one attached hydrogen (secondary N) is 1. The molecule has 0 bridgehead atoms. The molecule has 4 nitrogen and oxygen atoms in total. The summed E-state index contributed by atoms with van der Waals surface area (Å²) >= 11 is 1.37. The summed E-state index contributed by atoms with van der Waals surface area (Å²) < 4.78 is 13.7. The molecule has 0 saturated heterocycles. The topological polar surface area (TPSA) is 49.0 Å². The van der Waals surface area contributed by atoms with Crippen molar-refractivity contribution in [3.63, 3.8) is 0 Å². The first kappa shape index (κ1) is 18.5. The molecule has 0 saturated carbocycles. The van der Waals surface area contributed by atoms with Crippen LogP contribution in [-0.4, -0.2) is 21.9 Å². The van der Waals surface area contributed by atoms with Gasteiger partial charge in [-0.3, -0.25) is 9.69 Å². The molecular weight excluding hydrogens is 373 g/mol. The van der Waals surface area contributed by atoms with Gasteiger partial charge in [0, 0.05) is 11.4 Å². The van der Waals surface area contributed by atoms with Crippen LogP contribution in [-0.2, 0) is 13.1 Å². The van der Waals surface area contributed by atoms with Gasteiger partial charge in [-0.2, -0.15) is 0 Å². The zero-order valence-corrected chi connectivity index (χ0v) is 16.5. The smallest absolute Gasteiger partial charge is 0.268 e. The zero-order chi connectivity index (χ0) is 19.7. The van der Waals surface area contributed by atoms with Crippen LogP contribution >= 0.6 is 11.3 Å². The molecule has 0 unspecified atom stereocenters. The minimum absolute atomic E-state index is 0.136. The molecular formula is C22H20FN3OS. The maximum absolute atomic E-state index is 13.2. The summed E-state index contributed by atoms with van der Waals surface area (Å²) in [6.07, 6.45) is 0. The normalized spacial score (nSPS) is 11.4. The van der Waals surface area contributed by atoms with Crippen molar-refractivity contribution in [3.05, 3.63) is 87.7 Å². The van der Waals surface area contributed by atoms with Crippen molar-refractivity contribution >= 4 is 21.6 Å². The Kier molecular flexibility index (Phi) is 5.07. The number of hydrogen-bond donors (Lipinski definition) is 1. The third-order valence-electron chi connectivity index (χ3n) is 4.68. The standard InChI is InChI=1S/C22H20FN3OS/c1-14-5-3-4-6-16(14)12-26(2)13-20-24-18-11-19(28-21(18)22(27)25-20)15-7-9-17(23)10-8-15/h3-11H,12-13H2,1-2H3,(H,24,25,27). The minimum atomic E-state index is -0.278. The van der Waals surface area contributed by atoms with Crippen LogP contribution in [0.3, 0.4) is 0 Å². The predicted molar refractivity (Wildman–Crippen MR) is 112 cm³/mol. The van der Waals surface area contributed by atoms with Crippen LogP contribution in [0.2, 0.25) is 0 Å². The van der Waals surface area contributed by atoms with E-state index in [1.165, 1.54) is 34.6 Å². The van der Waals surface area contributed by atoms with Crippen LogP contribution in [0, 0.1) is 12.7 Å². The van der Waals surface area contributed by atoms with Crippen LogP contribution in [0.4, 0.5) is 4.39 Å². The van der Waals surface area contributed by atoms with Gasteiger partial charge in [-0.05, 0) is 48.9 Å². The number of thiophene rings is 1. The number of aryl methyl sites for hydroxylation is 1. The Balaban J connectivity index is 1.59. The van der Waals surface area contributed by atoms with E-state index in [-0.39, 0.29) is 11.4 Å². The molecule has 0 radical (unpaired) electrons. The third-order valence-corrected chi connectivity index (χ3v) is 5.85. The number of aromatic nitrogens is 2. The fraction of sp³-hybridized carbons (Fsp3) is 0.182. The average molecular weight is 393 g/mol. The molecule has 1 N–H and O–H groups in total.